The molecule has 0 amide bonds. The van der Waals surface area contributed by atoms with Crippen molar-refractivity contribution in [2.24, 2.45) is 0 Å². The minimum Gasteiger partial charge on any atom is -0.294 e. The molecule has 2 aliphatic heterocycles. The molecule has 0 radical (unpaired) electrons. The number of fused-ring (bicyclic) bond motifs is 2. The van der Waals surface area contributed by atoms with Crippen molar-refractivity contribution < 1.29 is 0 Å². The molecule has 2 atom stereocenters. The van der Waals surface area contributed by atoms with Crippen LogP contribution < -0.4 is 0 Å². The molecule has 20 heavy (non-hydrogen) atoms. The van der Waals surface area contributed by atoms with E-state index in [1.807, 2.05) is 12.4 Å². The maximum absolute atomic E-state index is 4.44. The van der Waals surface area contributed by atoms with E-state index < -0.39 is 0 Å². The Balaban J connectivity index is 1.42. The smallest absolute Gasteiger partial charge is 0.107 e. The minimum absolute atomic E-state index is 0.706. The van der Waals surface area contributed by atoms with E-state index in [2.05, 4.69) is 30.5 Å². The summed E-state index contributed by atoms with van der Waals surface area (Å²) in [5.74, 6) is 0. The Morgan fingerprint density at radius 2 is 1.55 bits per heavy atom. The van der Waals surface area contributed by atoms with Crippen LogP contribution in [0, 0.1) is 0 Å². The monoisotopic (exact) mass is 306 g/mol. The van der Waals surface area contributed by atoms with Gasteiger partial charge < -0.3 is 0 Å². The highest BCUT2D eigenvalue weighted by molar-refractivity contribution is 7.09. The average molecular weight is 306 g/mol. The van der Waals surface area contributed by atoms with Gasteiger partial charge in [0.2, 0.25) is 0 Å². The van der Waals surface area contributed by atoms with Crippen LogP contribution in [0.4, 0.5) is 0 Å². The molecule has 2 aliphatic rings. The Bertz CT molecular complexity index is 526. The van der Waals surface area contributed by atoms with Gasteiger partial charge in [0.25, 0.3) is 0 Å². The molecular weight excluding hydrogens is 288 g/mol. The number of hydrogen-bond donors (Lipinski definition) is 0. The van der Waals surface area contributed by atoms with Crippen LogP contribution in [0.5, 0.6) is 0 Å². The van der Waals surface area contributed by atoms with Gasteiger partial charge in [-0.05, 0) is 12.8 Å². The summed E-state index contributed by atoms with van der Waals surface area (Å²) in [5.41, 5.74) is 0. The molecule has 2 fully saturated rings. The van der Waals surface area contributed by atoms with Gasteiger partial charge >= 0.3 is 0 Å². The third-order valence-electron chi connectivity index (χ3n) is 4.35. The minimum atomic E-state index is 0.706. The molecule has 0 aliphatic carbocycles. The predicted octanol–water partition coefficient (Wildman–Crippen LogP) is 2.45. The van der Waals surface area contributed by atoms with Crippen molar-refractivity contribution in [3.8, 4) is 0 Å². The van der Waals surface area contributed by atoms with E-state index in [-0.39, 0.29) is 0 Å². The zero-order chi connectivity index (χ0) is 13.4. The SMILES string of the molecule is c1csc(CN2C[C@H]3CC[C@@H](C2)N3Cc2nccs2)n1. The maximum Gasteiger partial charge on any atom is 0.107 e. The van der Waals surface area contributed by atoms with Crippen molar-refractivity contribution >= 4 is 22.7 Å². The van der Waals surface area contributed by atoms with Crippen LogP contribution in [0.2, 0.25) is 0 Å². The van der Waals surface area contributed by atoms with Crippen molar-refractivity contribution in [2.45, 2.75) is 38.0 Å². The highest BCUT2D eigenvalue weighted by Crippen LogP contribution is 2.32. The quantitative estimate of drug-likeness (QED) is 0.868. The lowest BCUT2D eigenvalue weighted by atomic mass is 10.2. The van der Waals surface area contributed by atoms with E-state index in [4.69, 9.17) is 0 Å². The largest absolute Gasteiger partial charge is 0.294 e. The van der Waals surface area contributed by atoms with Crippen LogP contribution in [0.1, 0.15) is 22.9 Å². The normalized spacial score (nSPS) is 27.2. The first-order valence-corrected chi connectivity index (χ1v) is 8.89. The van der Waals surface area contributed by atoms with Crippen LogP contribution in [0.3, 0.4) is 0 Å². The fraction of sp³-hybridized carbons (Fsp3) is 0.571. The van der Waals surface area contributed by atoms with E-state index in [9.17, 15) is 0 Å². The average Bonchev–Trinajstić information content (AvgIpc) is 3.15. The fourth-order valence-electron chi connectivity index (χ4n) is 3.47. The van der Waals surface area contributed by atoms with Gasteiger partial charge in [-0.3, -0.25) is 9.80 Å². The summed E-state index contributed by atoms with van der Waals surface area (Å²) >= 11 is 3.55. The molecule has 2 aromatic heterocycles. The number of piperazine rings is 1. The lowest BCUT2D eigenvalue weighted by Crippen LogP contribution is -2.52. The molecule has 0 spiro atoms. The number of aromatic nitrogens is 2. The molecule has 2 saturated heterocycles. The summed E-state index contributed by atoms with van der Waals surface area (Å²) in [6.45, 7) is 4.43. The zero-order valence-electron chi connectivity index (χ0n) is 11.3. The van der Waals surface area contributed by atoms with Gasteiger partial charge in [-0.15, -0.1) is 22.7 Å². The molecule has 0 N–H and O–H groups in total. The number of nitrogens with zero attached hydrogens (tertiary/aromatic N) is 4. The van der Waals surface area contributed by atoms with Crippen LogP contribution in [-0.4, -0.2) is 44.9 Å². The molecular formula is C14H18N4S2. The molecule has 106 valence electrons. The molecule has 2 aromatic rings. The molecule has 2 bridgehead atoms. The van der Waals surface area contributed by atoms with Gasteiger partial charge in [0.1, 0.15) is 10.0 Å². The Kier molecular flexibility index (Phi) is 3.56. The summed E-state index contributed by atoms with van der Waals surface area (Å²) in [7, 11) is 0. The van der Waals surface area contributed by atoms with E-state index in [1.165, 1.54) is 35.9 Å². The summed E-state index contributed by atoms with van der Waals surface area (Å²) < 4.78 is 0. The third-order valence-corrected chi connectivity index (χ3v) is 5.88. The fourth-order valence-corrected chi connectivity index (χ4v) is 4.76. The molecule has 0 unspecified atom stereocenters. The molecule has 6 heteroatoms. The van der Waals surface area contributed by atoms with Crippen LogP contribution in [-0.2, 0) is 13.1 Å². The Morgan fingerprint density at radius 3 is 2.10 bits per heavy atom. The van der Waals surface area contributed by atoms with Crippen molar-refractivity contribution in [3.05, 3.63) is 33.2 Å². The molecule has 4 rings (SSSR count). The molecule has 4 nitrogen and oxygen atoms in total. The first-order valence-electron chi connectivity index (χ1n) is 7.13. The van der Waals surface area contributed by atoms with Gasteiger partial charge in [-0.2, -0.15) is 0 Å². The lowest BCUT2D eigenvalue weighted by Gasteiger charge is -2.40. The van der Waals surface area contributed by atoms with Crippen molar-refractivity contribution in [2.75, 3.05) is 13.1 Å². The van der Waals surface area contributed by atoms with E-state index in [1.54, 1.807) is 22.7 Å². The molecule has 0 saturated carbocycles. The Morgan fingerprint density at radius 1 is 0.950 bits per heavy atom. The van der Waals surface area contributed by atoms with E-state index in [0.717, 1.165) is 13.1 Å². The number of likely N-dealkylation sites (tertiary alicyclic amines) is 1. The Labute approximate surface area is 127 Å². The second kappa shape index (κ2) is 5.52. The van der Waals surface area contributed by atoms with Crippen molar-refractivity contribution in [1.29, 1.82) is 0 Å². The van der Waals surface area contributed by atoms with Crippen LogP contribution in [0.15, 0.2) is 23.2 Å². The number of thiazole rings is 2. The third kappa shape index (κ3) is 2.53. The number of hydrogen-bond acceptors (Lipinski definition) is 6. The van der Waals surface area contributed by atoms with Crippen molar-refractivity contribution in [3.63, 3.8) is 0 Å². The van der Waals surface area contributed by atoms with Gasteiger partial charge in [-0.1, -0.05) is 0 Å². The Hall–Kier alpha value is -0.820. The van der Waals surface area contributed by atoms with Crippen LogP contribution in [0.25, 0.3) is 0 Å². The van der Waals surface area contributed by atoms with E-state index >= 15 is 0 Å². The van der Waals surface area contributed by atoms with Crippen molar-refractivity contribution in [1.82, 2.24) is 19.8 Å². The van der Waals surface area contributed by atoms with Gasteiger partial charge in [0.05, 0.1) is 13.1 Å². The molecule has 4 heterocycles. The van der Waals surface area contributed by atoms with Gasteiger partial charge in [0, 0.05) is 48.3 Å². The lowest BCUT2D eigenvalue weighted by molar-refractivity contribution is 0.0566. The summed E-state index contributed by atoms with van der Waals surface area (Å²) in [6, 6.07) is 1.41. The highest BCUT2D eigenvalue weighted by Gasteiger charge is 2.39. The van der Waals surface area contributed by atoms with Crippen LogP contribution >= 0.6 is 22.7 Å². The summed E-state index contributed by atoms with van der Waals surface area (Å²) in [5, 5.41) is 6.66. The van der Waals surface area contributed by atoms with Gasteiger partial charge in [-0.25, -0.2) is 9.97 Å². The zero-order valence-corrected chi connectivity index (χ0v) is 12.9. The summed E-state index contributed by atoms with van der Waals surface area (Å²) in [4.78, 5) is 14.1. The predicted molar refractivity (Wildman–Crippen MR) is 81.9 cm³/mol. The maximum atomic E-state index is 4.44. The molecule has 0 aromatic carbocycles. The second-order valence-corrected chi connectivity index (χ2v) is 7.56. The first-order chi connectivity index (χ1) is 9.88. The standard InChI is InChI=1S/C14H18N4S2/c1-2-12-8-17(9-13-15-3-5-19-13)7-11(1)18(12)10-14-16-4-6-20-14/h3-6,11-12H,1-2,7-10H2/t11-,12+. The van der Waals surface area contributed by atoms with Gasteiger partial charge in [0.15, 0.2) is 0 Å². The topological polar surface area (TPSA) is 32.3 Å². The number of rotatable bonds is 4. The second-order valence-electron chi connectivity index (χ2n) is 5.60. The summed E-state index contributed by atoms with van der Waals surface area (Å²) in [6.07, 6.45) is 6.50. The first kappa shape index (κ1) is 12.9. The highest BCUT2D eigenvalue weighted by atomic mass is 32.1. The van der Waals surface area contributed by atoms with E-state index in [0.29, 0.717) is 12.1 Å².